The van der Waals surface area contributed by atoms with Crippen molar-refractivity contribution in [1.82, 2.24) is 10.2 Å². The molecule has 138 valence electrons. The van der Waals surface area contributed by atoms with Crippen LogP contribution in [0.4, 0.5) is 0 Å². The summed E-state index contributed by atoms with van der Waals surface area (Å²) in [6, 6.07) is 12.3. The molecule has 27 heavy (non-hydrogen) atoms. The lowest BCUT2D eigenvalue weighted by Crippen LogP contribution is -2.70. The minimum atomic E-state index is -1.13. The largest absolute Gasteiger partial charge is 0.477 e. The number of hydrogen-bond acceptors (Lipinski definition) is 5. The number of carboxylic acid groups (broad SMARTS) is 1. The van der Waals surface area contributed by atoms with E-state index in [9.17, 15) is 19.5 Å². The summed E-state index contributed by atoms with van der Waals surface area (Å²) in [5.74, 6) is -1.27. The highest BCUT2D eigenvalue weighted by atomic mass is 32.2. The fourth-order valence-electron chi connectivity index (χ4n) is 3.28. The maximum atomic E-state index is 12.6. The molecule has 2 amide bonds. The molecule has 8 heteroatoms. The normalized spacial score (nSPS) is 21.5. The first-order valence-corrected chi connectivity index (χ1v) is 10.3. The number of carbonyl (C=O) groups is 3. The Morgan fingerprint density at radius 2 is 1.96 bits per heavy atom. The van der Waals surface area contributed by atoms with Gasteiger partial charge in [0.15, 0.2) is 0 Å². The van der Waals surface area contributed by atoms with Crippen molar-refractivity contribution >= 4 is 46.5 Å². The number of carboxylic acids is 1. The topological polar surface area (TPSA) is 86.7 Å². The van der Waals surface area contributed by atoms with Crippen molar-refractivity contribution < 1.29 is 19.5 Å². The molecular weight excluding hydrogens is 384 g/mol. The third kappa shape index (κ3) is 3.26. The van der Waals surface area contributed by atoms with Crippen molar-refractivity contribution in [3.63, 3.8) is 0 Å². The van der Waals surface area contributed by atoms with Crippen LogP contribution in [0.15, 0.2) is 53.5 Å². The Morgan fingerprint density at radius 3 is 2.63 bits per heavy atom. The molecule has 2 aromatic rings. The number of carbonyl (C=O) groups excluding carboxylic acids is 2. The van der Waals surface area contributed by atoms with Crippen LogP contribution in [0.1, 0.15) is 10.4 Å². The molecule has 0 aliphatic carbocycles. The van der Waals surface area contributed by atoms with Gasteiger partial charge in [-0.15, -0.1) is 23.1 Å². The van der Waals surface area contributed by atoms with Gasteiger partial charge in [-0.25, -0.2) is 4.79 Å². The third-order valence-electron chi connectivity index (χ3n) is 4.52. The van der Waals surface area contributed by atoms with Crippen LogP contribution in [-0.2, 0) is 20.8 Å². The smallest absolute Gasteiger partial charge is 0.352 e. The zero-order valence-electron chi connectivity index (χ0n) is 14.1. The van der Waals surface area contributed by atoms with E-state index in [0.29, 0.717) is 11.3 Å². The molecule has 3 heterocycles. The molecule has 2 aliphatic heterocycles. The number of rotatable bonds is 5. The molecule has 0 radical (unpaired) electrons. The summed E-state index contributed by atoms with van der Waals surface area (Å²) < 4.78 is 0. The molecule has 4 rings (SSSR count). The highest BCUT2D eigenvalue weighted by molar-refractivity contribution is 8.00. The zero-order chi connectivity index (χ0) is 19.0. The van der Waals surface area contributed by atoms with E-state index in [0.717, 1.165) is 10.4 Å². The van der Waals surface area contributed by atoms with Crippen molar-refractivity contribution in [2.24, 2.45) is 0 Å². The maximum absolute atomic E-state index is 12.6. The monoisotopic (exact) mass is 400 g/mol. The average molecular weight is 400 g/mol. The Bertz CT molecular complexity index is 924. The molecule has 6 nitrogen and oxygen atoms in total. The number of amides is 2. The predicted octanol–water partition coefficient (Wildman–Crippen LogP) is 2.19. The van der Waals surface area contributed by atoms with E-state index in [2.05, 4.69) is 5.32 Å². The van der Waals surface area contributed by atoms with Gasteiger partial charge in [-0.3, -0.25) is 14.5 Å². The zero-order valence-corrected chi connectivity index (χ0v) is 15.8. The molecule has 2 atom stereocenters. The SMILES string of the molecule is O=C(Cc1cccs1)NC1C(=O)N2C(C(=O)O)=C(c3ccccc3)CS[C@@H]12. The van der Waals surface area contributed by atoms with Crippen molar-refractivity contribution in [3.8, 4) is 0 Å². The standard InChI is InChI=1S/C19H16N2O4S2/c22-14(9-12-7-4-8-26-12)20-15-17(23)21-16(19(24)25)13(10-27-18(15)21)11-5-2-1-3-6-11/h1-8,15,18H,9-10H2,(H,20,22)(H,24,25)/t15?,18-/m0/s1. The first kappa shape index (κ1) is 17.8. The van der Waals surface area contributed by atoms with Crippen LogP contribution in [0, 0.1) is 0 Å². The highest BCUT2D eigenvalue weighted by Gasteiger charge is 2.54. The molecule has 0 spiro atoms. The minimum absolute atomic E-state index is 0.0127. The van der Waals surface area contributed by atoms with Crippen molar-refractivity contribution in [1.29, 1.82) is 0 Å². The molecule has 0 bridgehead atoms. The average Bonchev–Trinajstić information content (AvgIpc) is 3.18. The minimum Gasteiger partial charge on any atom is -0.477 e. The number of nitrogens with zero attached hydrogens (tertiary/aromatic N) is 1. The second-order valence-corrected chi connectivity index (χ2v) is 8.35. The van der Waals surface area contributed by atoms with E-state index < -0.39 is 12.0 Å². The fourth-order valence-corrected chi connectivity index (χ4v) is 5.35. The van der Waals surface area contributed by atoms with E-state index in [4.69, 9.17) is 0 Å². The Kier molecular flexibility index (Phi) is 4.75. The first-order valence-electron chi connectivity index (χ1n) is 8.34. The lowest BCUT2D eigenvalue weighted by atomic mass is 9.99. The van der Waals surface area contributed by atoms with Crippen LogP contribution in [-0.4, -0.2) is 45.0 Å². The van der Waals surface area contributed by atoms with Crippen LogP contribution in [0.5, 0.6) is 0 Å². The van der Waals surface area contributed by atoms with Gasteiger partial charge >= 0.3 is 5.97 Å². The van der Waals surface area contributed by atoms with Gasteiger partial charge in [0.05, 0.1) is 6.42 Å². The van der Waals surface area contributed by atoms with Gasteiger partial charge < -0.3 is 10.4 Å². The molecule has 1 fully saturated rings. The maximum Gasteiger partial charge on any atom is 0.352 e. The molecule has 1 saturated heterocycles. The Hall–Kier alpha value is -2.58. The van der Waals surface area contributed by atoms with E-state index >= 15 is 0 Å². The molecule has 1 aromatic heterocycles. The van der Waals surface area contributed by atoms with Crippen molar-refractivity contribution in [3.05, 3.63) is 64.0 Å². The molecule has 1 unspecified atom stereocenters. The summed E-state index contributed by atoms with van der Waals surface area (Å²) >= 11 is 2.95. The molecule has 2 N–H and O–H groups in total. The Morgan fingerprint density at radius 1 is 1.19 bits per heavy atom. The number of benzene rings is 1. The van der Waals surface area contributed by atoms with Gasteiger partial charge in [0.2, 0.25) is 5.91 Å². The van der Waals surface area contributed by atoms with Crippen LogP contribution in [0.2, 0.25) is 0 Å². The summed E-state index contributed by atoms with van der Waals surface area (Å²) in [7, 11) is 0. The van der Waals surface area contributed by atoms with Crippen LogP contribution >= 0.6 is 23.1 Å². The van der Waals surface area contributed by atoms with E-state index in [1.807, 2.05) is 47.8 Å². The van der Waals surface area contributed by atoms with Crippen LogP contribution < -0.4 is 5.32 Å². The molecule has 1 aromatic carbocycles. The van der Waals surface area contributed by atoms with Crippen molar-refractivity contribution in [2.75, 3.05) is 5.75 Å². The summed E-state index contributed by atoms with van der Waals surface area (Å²) in [5, 5.41) is 14.0. The van der Waals surface area contributed by atoms with Crippen LogP contribution in [0.25, 0.3) is 5.57 Å². The van der Waals surface area contributed by atoms with Gasteiger partial charge in [-0.1, -0.05) is 36.4 Å². The number of fused-ring (bicyclic) bond motifs is 1. The number of hydrogen-bond donors (Lipinski definition) is 2. The van der Waals surface area contributed by atoms with Gasteiger partial charge in [0.25, 0.3) is 5.91 Å². The number of aliphatic carboxylic acids is 1. The summed E-state index contributed by atoms with van der Waals surface area (Å²) in [6.07, 6.45) is 0.218. The quantitative estimate of drug-likeness (QED) is 0.752. The van der Waals surface area contributed by atoms with E-state index in [-0.39, 0.29) is 29.3 Å². The predicted molar refractivity (Wildman–Crippen MR) is 104 cm³/mol. The highest BCUT2D eigenvalue weighted by Crippen LogP contribution is 2.43. The van der Waals surface area contributed by atoms with Crippen LogP contribution in [0.3, 0.4) is 0 Å². The summed E-state index contributed by atoms with van der Waals surface area (Å²) in [6.45, 7) is 0. The molecule has 0 saturated carbocycles. The second-order valence-electron chi connectivity index (χ2n) is 6.21. The van der Waals surface area contributed by atoms with E-state index in [1.54, 1.807) is 0 Å². The van der Waals surface area contributed by atoms with E-state index in [1.165, 1.54) is 28.0 Å². The van der Waals surface area contributed by atoms with Crippen molar-refractivity contribution in [2.45, 2.75) is 17.8 Å². The van der Waals surface area contributed by atoms with Gasteiger partial charge in [-0.2, -0.15) is 0 Å². The number of nitrogens with one attached hydrogen (secondary N) is 1. The molecule has 2 aliphatic rings. The third-order valence-corrected chi connectivity index (χ3v) is 6.68. The Labute approximate surface area is 163 Å². The Balaban J connectivity index is 1.54. The second kappa shape index (κ2) is 7.21. The van der Waals surface area contributed by atoms with Gasteiger partial charge in [0.1, 0.15) is 17.1 Å². The summed E-state index contributed by atoms with van der Waals surface area (Å²) in [4.78, 5) is 38.9. The van der Waals surface area contributed by atoms with Gasteiger partial charge in [0, 0.05) is 16.2 Å². The summed E-state index contributed by atoms with van der Waals surface area (Å²) in [5.41, 5.74) is 1.43. The number of β-lactam (4-membered cyclic amide) rings is 1. The number of thiophene rings is 1. The lowest BCUT2D eigenvalue weighted by Gasteiger charge is -2.49. The lowest BCUT2D eigenvalue weighted by molar-refractivity contribution is -0.150. The number of thioether (sulfide) groups is 1. The fraction of sp³-hybridized carbons (Fsp3) is 0.211. The van der Waals surface area contributed by atoms with Gasteiger partial charge in [-0.05, 0) is 17.0 Å². The first-order chi connectivity index (χ1) is 13.1. The molecular formula is C19H16N2O4S2.